The van der Waals surface area contributed by atoms with E-state index in [0.29, 0.717) is 0 Å². The van der Waals surface area contributed by atoms with Gasteiger partial charge in [-0.25, -0.2) is 8.42 Å². The number of nitrogens with one attached hydrogen (secondary N) is 2. The Kier molecular flexibility index (Phi) is 6.92. The summed E-state index contributed by atoms with van der Waals surface area (Å²) >= 11 is 0. The summed E-state index contributed by atoms with van der Waals surface area (Å²) in [6.07, 6.45) is 0.253. The molecule has 1 aromatic rings. The molecule has 3 N–H and O–H groups in total. The molecular formula is C16H24N2O5S. The first-order chi connectivity index (χ1) is 11.0. The van der Waals surface area contributed by atoms with Gasteiger partial charge < -0.3 is 10.4 Å². The normalized spacial score (nSPS) is 14.2. The highest BCUT2D eigenvalue weighted by atomic mass is 32.2. The highest BCUT2D eigenvalue weighted by Crippen LogP contribution is 2.13. The number of rotatable bonds is 8. The summed E-state index contributed by atoms with van der Waals surface area (Å²) in [4.78, 5) is 23.2. The zero-order valence-electron chi connectivity index (χ0n) is 14.2. The first-order valence-electron chi connectivity index (χ1n) is 7.65. The average molecular weight is 356 g/mol. The predicted molar refractivity (Wildman–Crippen MR) is 90.0 cm³/mol. The van der Waals surface area contributed by atoms with Crippen molar-refractivity contribution in [2.75, 3.05) is 0 Å². The van der Waals surface area contributed by atoms with E-state index in [1.54, 1.807) is 12.1 Å². The second kappa shape index (κ2) is 8.25. The van der Waals surface area contributed by atoms with Crippen LogP contribution in [0.25, 0.3) is 0 Å². The Morgan fingerprint density at radius 2 is 1.67 bits per heavy atom. The Bertz CT molecular complexity index is 683. The largest absolute Gasteiger partial charge is 0.480 e. The Morgan fingerprint density at radius 1 is 1.12 bits per heavy atom. The van der Waals surface area contributed by atoms with E-state index in [-0.39, 0.29) is 17.2 Å². The summed E-state index contributed by atoms with van der Waals surface area (Å²) in [6.45, 7) is 6.86. The molecule has 0 aliphatic heterocycles. The minimum absolute atomic E-state index is 0.0431. The standard InChI is InChI=1S/C16H24N2O5S/c1-10(2)9-14(15(19)17-12(4)16(20)21)18-24(22,23)13-7-5-11(3)6-8-13/h5-8,10,12,14,18H,9H2,1-4H3,(H,17,19)(H,20,21)/t12-,14?/m1/s1. The first-order valence-corrected chi connectivity index (χ1v) is 9.13. The number of carbonyl (C=O) groups is 2. The molecule has 8 heteroatoms. The minimum Gasteiger partial charge on any atom is -0.480 e. The summed E-state index contributed by atoms with van der Waals surface area (Å²) in [5.74, 6) is -1.80. The molecule has 1 unspecified atom stereocenters. The Labute approximate surface area is 142 Å². The summed E-state index contributed by atoms with van der Waals surface area (Å²) in [7, 11) is -3.88. The van der Waals surface area contributed by atoms with Crippen molar-refractivity contribution in [3.8, 4) is 0 Å². The van der Waals surface area contributed by atoms with Gasteiger partial charge in [-0.05, 0) is 38.3 Å². The predicted octanol–water partition coefficient (Wildman–Crippen LogP) is 1.28. The van der Waals surface area contributed by atoms with E-state index in [4.69, 9.17) is 5.11 Å². The molecule has 0 saturated carbocycles. The van der Waals surface area contributed by atoms with Gasteiger partial charge in [0.1, 0.15) is 12.1 Å². The Hall–Kier alpha value is -1.93. The van der Waals surface area contributed by atoms with Gasteiger partial charge in [0.15, 0.2) is 0 Å². The van der Waals surface area contributed by atoms with E-state index in [1.807, 2.05) is 20.8 Å². The molecule has 0 saturated heterocycles. The number of carboxylic acids is 1. The summed E-state index contributed by atoms with van der Waals surface area (Å²) in [5.41, 5.74) is 0.917. The Balaban J connectivity index is 2.98. The van der Waals surface area contributed by atoms with E-state index in [2.05, 4.69) is 10.0 Å². The van der Waals surface area contributed by atoms with Crippen molar-refractivity contribution >= 4 is 21.9 Å². The maximum Gasteiger partial charge on any atom is 0.325 e. The number of aryl methyl sites for hydroxylation is 1. The fourth-order valence-corrected chi connectivity index (χ4v) is 3.24. The molecule has 0 aliphatic carbocycles. The minimum atomic E-state index is -3.88. The maximum absolute atomic E-state index is 12.5. The summed E-state index contributed by atoms with van der Waals surface area (Å²) in [6, 6.07) is 4.11. The number of amides is 1. The van der Waals surface area contributed by atoms with Crippen molar-refractivity contribution in [1.82, 2.24) is 10.0 Å². The lowest BCUT2D eigenvalue weighted by atomic mass is 10.0. The molecule has 2 atom stereocenters. The first kappa shape index (κ1) is 20.1. The summed E-state index contributed by atoms with van der Waals surface area (Å²) < 4.78 is 27.3. The number of sulfonamides is 1. The van der Waals surface area contributed by atoms with Crippen LogP contribution >= 0.6 is 0 Å². The molecule has 0 aromatic heterocycles. The van der Waals surface area contributed by atoms with E-state index in [9.17, 15) is 18.0 Å². The zero-order valence-corrected chi connectivity index (χ0v) is 15.1. The fraction of sp³-hybridized carbons (Fsp3) is 0.500. The SMILES string of the molecule is Cc1ccc(S(=O)(=O)NC(CC(C)C)C(=O)N[C@H](C)C(=O)O)cc1. The van der Waals surface area contributed by atoms with Crippen molar-refractivity contribution in [2.24, 2.45) is 5.92 Å². The van der Waals surface area contributed by atoms with E-state index < -0.39 is 34.0 Å². The van der Waals surface area contributed by atoms with Gasteiger partial charge in [0.05, 0.1) is 4.90 Å². The molecule has 1 amide bonds. The third-order valence-electron chi connectivity index (χ3n) is 3.38. The van der Waals surface area contributed by atoms with Crippen LogP contribution in [-0.4, -0.2) is 37.5 Å². The van der Waals surface area contributed by atoms with Crippen LogP contribution in [0.4, 0.5) is 0 Å². The van der Waals surface area contributed by atoms with Crippen LogP contribution in [0.2, 0.25) is 0 Å². The van der Waals surface area contributed by atoms with Gasteiger partial charge in [-0.2, -0.15) is 4.72 Å². The van der Waals surface area contributed by atoms with Crippen LogP contribution in [0.3, 0.4) is 0 Å². The number of carboxylic acid groups (broad SMARTS) is 1. The van der Waals surface area contributed by atoms with Crippen LogP contribution in [0, 0.1) is 12.8 Å². The smallest absolute Gasteiger partial charge is 0.325 e. The molecule has 0 bridgehead atoms. The number of hydrogen-bond acceptors (Lipinski definition) is 4. The van der Waals surface area contributed by atoms with Crippen LogP contribution in [0.5, 0.6) is 0 Å². The highest BCUT2D eigenvalue weighted by molar-refractivity contribution is 7.89. The zero-order chi connectivity index (χ0) is 18.5. The Morgan fingerprint density at radius 3 is 2.12 bits per heavy atom. The molecule has 134 valence electrons. The number of carbonyl (C=O) groups excluding carboxylic acids is 1. The maximum atomic E-state index is 12.5. The highest BCUT2D eigenvalue weighted by Gasteiger charge is 2.28. The molecular weight excluding hydrogens is 332 g/mol. The van der Waals surface area contributed by atoms with E-state index in [1.165, 1.54) is 19.1 Å². The van der Waals surface area contributed by atoms with Crippen LogP contribution in [-0.2, 0) is 19.6 Å². The fourth-order valence-electron chi connectivity index (χ4n) is 2.03. The average Bonchev–Trinajstić information content (AvgIpc) is 2.46. The van der Waals surface area contributed by atoms with E-state index >= 15 is 0 Å². The molecule has 0 radical (unpaired) electrons. The number of benzene rings is 1. The van der Waals surface area contributed by atoms with E-state index in [0.717, 1.165) is 5.56 Å². The second-order valence-electron chi connectivity index (χ2n) is 6.18. The molecule has 24 heavy (non-hydrogen) atoms. The molecule has 0 spiro atoms. The lowest BCUT2D eigenvalue weighted by Gasteiger charge is -2.21. The van der Waals surface area contributed by atoms with Crippen LogP contribution < -0.4 is 10.0 Å². The molecule has 7 nitrogen and oxygen atoms in total. The quantitative estimate of drug-likeness (QED) is 0.649. The van der Waals surface area contributed by atoms with Crippen molar-refractivity contribution in [1.29, 1.82) is 0 Å². The molecule has 1 aromatic carbocycles. The third kappa shape index (κ3) is 5.93. The molecule has 1 rings (SSSR count). The second-order valence-corrected chi connectivity index (χ2v) is 7.90. The number of aliphatic carboxylic acids is 1. The van der Waals surface area contributed by atoms with Crippen molar-refractivity contribution < 1.29 is 23.1 Å². The van der Waals surface area contributed by atoms with Crippen LogP contribution in [0.1, 0.15) is 32.8 Å². The monoisotopic (exact) mass is 356 g/mol. The van der Waals surface area contributed by atoms with Gasteiger partial charge in [-0.15, -0.1) is 0 Å². The van der Waals surface area contributed by atoms with Gasteiger partial charge in [0.2, 0.25) is 15.9 Å². The lowest BCUT2D eigenvalue weighted by Crippen LogP contribution is -2.51. The topological polar surface area (TPSA) is 113 Å². The van der Waals surface area contributed by atoms with Crippen molar-refractivity contribution in [3.63, 3.8) is 0 Å². The van der Waals surface area contributed by atoms with Crippen molar-refractivity contribution in [2.45, 2.75) is 51.1 Å². The van der Waals surface area contributed by atoms with Crippen LogP contribution in [0.15, 0.2) is 29.2 Å². The van der Waals surface area contributed by atoms with Gasteiger partial charge in [0, 0.05) is 0 Å². The van der Waals surface area contributed by atoms with Gasteiger partial charge in [-0.1, -0.05) is 31.5 Å². The number of hydrogen-bond donors (Lipinski definition) is 3. The molecule has 0 heterocycles. The summed E-state index contributed by atoms with van der Waals surface area (Å²) in [5, 5.41) is 11.2. The lowest BCUT2D eigenvalue weighted by molar-refractivity contribution is -0.141. The van der Waals surface area contributed by atoms with Gasteiger partial charge in [-0.3, -0.25) is 9.59 Å². The van der Waals surface area contributed by atoms with Gasteiger partial charge in [0.25, 0.3) is 0 Å². The van der Waals surface area contributed by atoms with Crippen molar-refractivity contribution in [3.05, 3.63) is 29.8 Å². The molecule has 0 aliphatic rings. The third-order valence-corrected chi connectivity index (χ3v) is 4.87. The van der Waals surface area contributed by atoms with Gasteiger partial charge >= 0.3 is 5.97 Å². The molecule has 0 fully saturated rings.